The van der Waals surface area contributed by atoms with Crippen molar-refractivity contribution in [1.82, 2.24) is 4.98 Å². The molecule has 116 valence electrons. The number of pyridine rings is 1. The Hall–Kier alpha value is -0.520. The van der Waals surface area contributed by atoms with Crippen LogP contribution in [0.1, 0.15) is 12.0 Å². The molecule has 1 aliphatic rings. The van der Waals surface area contributed by atoms with Crippen LogP contribution < -0.4 is 4.74 Å². The summed E-state index contributed by atoms with van der Waals surface area (Å²) in [5.74, 6) is 1.15. The highest BCUT2D eigenvalue weighted by molar-refractivity contribution is 9.10. The summed E-state index contributed by atoms with van der Waals surface area (Å²) in [5.41, 5.74) is 0.376. The lowest BCUT2D eigenvalue weighted by molar-refractivity contribution is 0.294. The van der Waals surface area contributed by atoms with Gasteiger partial charge in [0.2, 0.25) is 5.88 Å². The third kappa shape index (κ3) is 4.06. The number of aromatic nitrogens is 1. The van der Waals surface area contributed by atoms with E-state index in [1.807, 2.05) is 36.4 Å². The summed E-state index contributed by atoms with van der Waals surface area (Å²) >= 11 is 21.0. The first-order valence-corrected chi connectivity index (χ1v) is 8.41. The first-order valence-electron chi connectivity index (χ1n) is 6.48. The van der Waals surface area contributed by atoms with Crippen LogP contribution in [0, 0.1) is 0 Å². The topological polar surface area (TPSA) is 34.6 Å². The van der Waals surface area contributed by atoms with Gasteiger partial charge in [0, 0.05) is 12.5 Å². The molecule has 1 aromatic carbocycles. The number of hydrogen-bond acceptors (Lipinski definition) is 3. The molecule has 1 aliphatic heterocycles. The summed E-state index contributed by atoms with van der Waals surface area (Å²) in [6, 6.07) is 13.0. The lowest BCUT2D eigenvalue weighted by atomic mass is 9.97. The van der Waals surface area contributed by atoms with Crippen LogP contribution in [0.5, 0.6) is 11.6 Å². The first-order chi connectivity index (χ1) is 10.4. The second-order valence-corrected chi connectivity index (χ2v) is 8.33. The summed E-state index contributed by atoms with van der Waals surface area (Å²) in [4.78, 5) is 4.24. The molecule has 1 unspecified atom stereocenters. The van der Waals surface area contributed by atoms with Gasteiger partial charge in [-0.15, -0.1) is 0 Å². The van der Waals surface area contributed by atoms with E-state index in [0.29, 0.717) is 29.3 Å². The maximum absolute atomic E-state index is 5.90. The second-order valence-electron chi connectivity index (χ2n) is 5.00. The number of alkyl halides is 3. The minimum absolute atomic E-state index is 0.295. The molecule has 0 saturated carbocycles. The molecule has 1 atom stereocenters. The molecule has 2 heterocycles. The third-order valence-corrected chi connectivity index (χ3v) is 4.09. The highest BCUT2D eigenvalue weighted by Crippen LogP contribution is 2.50. The van der Waals surface area contributed by atoms with Crippen molar-refractivity contribution in [2.75, 3.05) is 6.61 Å². The van der Waals surface area contributed by atoms with Crippen molar-refractivity contribution in [1.29, 1.82) is 0 Å². The van der Waals surface area contributed by atoms with Gasteiger partial charge in [-0.05, 0) is 39.7 Å². The number of halogens is 4. The number of benzene rings is 1. The third-order valence-electron chi connectivity index (χ3n) is 3.25. The zero-order chi connectivity index (χ0) is 15.8. The van der Waals surface area contributed by atoms with E-state index in [9.17, 15) is 0 Å². The first kappa shape index (κ1) is 16.3. The average molecular weight is 424 g/mol. The monoisotopic (exact) mass is 421 g/mol. The Morgan fingerprint density at radius 3 is 2.59 bits per heavy atom. The lowest BCUT2D eigenvalue weighted by Gasteiger charge is -2.18. The fraction of sp³-hybridized carbons (Fsp3) is 0.267. The van der Waals surface area contributed by atoms with Gasteiger partial charge in [-0.2, -0.15) is 0 Å². The quantitative estimate of drug-likeness (QED) is 0.364. The molecule has 3 rings (SSSR count). The summed E-state index contributed by atoms with van der Waals surface area (Å²) in [6.07, 6.45) is 0.295. The van der Waals surface area contributed by atoms with Gasteiger partial charge in [0.25, 0.3) is 0 Å². The Labute approximate surface area is 151 Å². The average Bonchev–Trinajstić information content (AvgIpc) is 3.18. The maximum Gasteiger partial charge on any atom is 0.220 e. The molecule has 1 fully saturated rings. The minimum Gasteiger partial charge on any atom is -0.439 e. The van der Waals surface area contributed by atoms with Crippen molar-refractivity contribution < 1.29 is 9.47 Å². The SMILES string of the molecule is ClC(Cl)(Cl)CC1(c2cccc(Oc3cccc(Br)n3)c2)CO1. The largest absolute Gasteiger partial charge is 0.439 e. The minimum atomic E-state index is -1.36. The van der Waals surface area contributed by atoms with Gasteiger partial charge in [0.1, 0.15) is 16.0 Å². The smallest absolute Gasteiger partial charge is 0.220 e. The normalized spacial score (nSPS) is 20.7. The number of epoxide rings is 1. The van der Waals surface area contributed by atoms with Crippen molar-refractivity contribution in [3.8, 4) is 11.6 Å². The molecular formula is C15H11BrCl3NO2. The molecule has 0 N–H and O–H groups in total. The van der Waals surface area contributed by atoms with Gasteiger partial charge in [-0.3, -0.25) is 0 Å². The van der Waals surface area contributed by atoms with Crippen LogP contribution in [0.3, 0.4) is 0 Å². The van der Waals surface area contributed by atoms with E-state index in [4.69, 9.17) is 44.3 Å². The Morgan fingerprint density at radius 2 is 1.95 bits per heavy atom. The van der Waals surface area contributed by atoms with Gasteiger partial charge in [-0.1, -0.05) is 53.0 Å². The van der Waals surface area contributed by atoms with E-state index in [1.165, 1.54) is 0 Å². The molecular weight excluding hydrogens is 412 g/mol. The molecule has 7 heteroatoms. The molecule has 2 aromatic rings. The van der Waals surface area contributed by atoms with E-state index < -0.39 is 9.39 Å². The van der Waals surface area contributed by atoms with Gasteiger partial charge < -0.3 is 9.47 Å². The van der Waals surface area contributed by atoms with Crippen molar-refractivity contribution in [3.63, 3.8) is 0 Å². The van der Waals surface area contributed by atoms with Crippen LogP contribution in [-0.2, 0) is 10.3 Å². The summed E-state index contributed by atoms with van der Waals surface area (Å²) in [6.45, 7) is 0.527. The molecule has 0 radical (unpaired) electrons. The number of hydrogen-bond donors (Lipinski definition) is 0. The van der Waals surface area contributed by atoms with E-state index in [2.05, 4.69) is 20.9 Å². The van der Waals surface area contributed by atoms with Crippen LogP contribution in [0.25, 0.3) is 0 Å². The van der Waals surface area contributed by atoms with Crippen LogP contribution in [0.15, 0.2) is 47.1 Å². The predicted molar refractivity (Wildman–Crippen MR) is 91.0 cm³/mol. The van der Waals surface area contributed by atoms with Crippen molar-refractivity contribution in [2.45, 2.75) is 15.8 Å². The van der Waals surface area contributed by atoms with Crippen LogP contribution >= 0.6 is 50.7 Å². The van der Waals surface area contributed by atoms with Crippen molar-refractivity contribution in [2.24, 2.45) is 0 Å². The zero-order valence-corrected chi connectivity index (χ0v) is 15.1. The standard InChI is InChI=1S/C15H11BrCl3NO2/c16-12-5-2-6-13(20-12)22-11-4-1-3-10(7-11)14(9-21-14)8-15(17,18)19/h1-7H,8-9H2. The molecule has 0 amide bonds. The maximum atomic E-state index is 5.90. The predicted octanol–water partition coefficient (Wildman–Crippen LogP) is 5.62. The fourth-order valence-corrected chi connectivity index (χ4v) is 3.17. The molecule has 3 nitrogen and oxygen atoms in total. The lowest BCUT2D eigenvalue weighted by Crippen LogP contribution is -2.18. The van der Waals surface area contributed by atoms with E-state index in [-0.39, 0.29) is 0 Å². The Morgan fingerprint density at radius 1 is 1.23 bits per heavy atom. The zero-order valence-electron chi connectivity index (χ0n) is 11.2. The van der Waals surface area contributed by atoms with Crippen LogP contribution in [0.4, 0.5) is 0 Å². The molecule has 0 spiro atoms. The van der Waals surface area contributed by atoms with Gasteiger partial charge in [0.05, 0.1) is 6.61 Å². The number of rotatable bonds is 4. The summed E-state index contributed by atoms with van der Waals surface area (Å²) < 4.78 is 10.7. The number of ether oxygens (including phenoxy) is 2. The molecule has 22 heavy (non-hydrogen) atoms. The molecule has 1 aromatic heterocycles. The molecule has 1 saturated heterocycles. The second kappa shape index (κ2) is 6.17. The van der Waals surface area contributed by atoms with E-state index >= 15 is 0 Å². The Kier molecular flexibility index (Phi) is 4.59. The summed E-state index contributed by atoms with van der Waals surface area (Å²) in [7, 11) is 0. The Bertz CT molecular complexity index is 686. The van der Waals surface area contributed by atoms with Crippen LogP contribution in [0.2, 0.25) is 0 Å². The highest BCUT2D eigenvalue weighted by atomic mass is 79.9. The van der Waals surface area contributed by atoms with E-state index in [1.54, 1.807) is 6.07 Å². The molecule has 0 bridgehead atoms. The van der Waals surface area contributed by atoms with Crippen molar-refractivity contribution in [3.05, 3.63) is 52.6 Å². The number of nitrogens with zero attached hydrogens (tertiary/aromatic N) is 1. The van der Waals surface area contributed by atoms with E-state index in [0.717, 1.165) is 5.56 Å². The van der Waals surface area contributed by atoms with Crippen molar-refractivity contribution >= 4 is 50.7 Å². The highest BCUT2D eigenvalue weighted by Gasteiger charge is 2.51. The van der Waals surface area contributed by atoms with Gasteiger partial charge >= 0.3 is 0 Å². The fourth-order valence-electron chi connectivity index (χ4n) is 2.19. The van der Waals surface area contributed by atoms with Gasteiger partial charge in [-0.25, -0.2) is 4.98 Å². The summed E-state index contributed by atoms with van der Waals surface area (Å²) in [5, 5.41) is 0. The van der Waals surface area contributed by atoms with Crippen LogP contribution in [-0.4, -0.2) is 15.4 Å². The van der Waals surface area contributed by atoms with Gasteiger partial charge in [0.15, 0.2) is 3.79 Å². The molecule has 0 aliphatic carbocycles. The Balaban J connectivity index is 1.81.